The number of anilines is 2. The van der Waals surface area contributed by atoms with E-state index < -0.39 is 0 Å². The highest BCUT2D eigenvalue weighted by Gasteiger charge is 2.27. The smallest absolute Gasteiger partial charge is 0.135 e. The molecule has 0 spiro atoms. The summed E-state index contributed by atoms with van der Waals surface area (Å²) in [7, 11) is 0. The van der Waals surface area contributed by atoms with Crippen LogP contribution in [0.1, 0.15) is 24.6 Å². The average Bonchev–Trinajstić information content (AvgIpc) is 3.16. The van der Waals surface area contributed by atoms with Gasteiger partial charge in [0, 0.05) is 15.6 Å². The van der Waals surface area contributed by atoms with Crippen molar-refractivity contribution >= 4 is 61.6 Å². The van der Waals surface area contributed by atoms with E-state index in [-0.39, 0.29) is 0 Å². The largest absolute Gasteiger partial charge is 0.339 e. The quantitative estimate of drug-likeness (QED) is 0.521. The zero-order valence-corrected chi connectivity index (χ0v) is 14.3. The van der Waals surface area contributed by atoms with Crippen molar-refractivity contribution in [1.82, 2.24) is 9.97 Å². The number of nitrogens with zero attached hydrogens (tertiary/aromatic N) is 2. The van der Waals surface area contributed by atoms with Crippen molar-refractivity contribution in [3.63, 3.8) is 0 Å². The summed E-state index contributed by atoms with van der Waals surface area (Å²) in [5, 5.41) is 3.94. The molecule has 6 heteroatoms. The number of halogens is 3. The van der Waals surface area contributed by atoms with E-state index in [0.717, 1.165) is 25.5 Å². The minimum absolute atomic E-state index is 0.519. The van der Waals surface area contributed by atoms with Gasteiger partial charge < -0.3 is 5.32 Å². The molecule has 0 saturated heterocycles. The highest BCUT2D eigenvalue weighted by molar-refractivity contribution is 14.1. The van der Waals surface area contributed by atoms with Gasteiger partial charge in [0.1, 0.15) is 16.2 Å². The molecule has 1 N–H and O–H groups in total. The summed E-state index contributed by atoms with van der Waals surface area (Å²) in [6.45, 7) is 0. The Morgan fingerprint density at radius 1 is 1.26 bits per heavy atom. The second-order valence-corrected chi connectivity index (χ2v) is 6.92. The first-order valence-electron chi connectivity index (χ1n) is 5.88. The van der Waals surface area contributed by atoms with Crippen molar-refractivity contribution in [2.75, 3.05) is 5.32 Å². The second-order valence-electron chi connectivity index (χ2n) is 4.46. The fourth-order valence-corrected chi connectivity index (χ4v) is 3.05. The lowest BCUT2D eigenvalue weighted by Crippen LogP contribution is -2.00. The van der Waals surface area contributed by atoms with Crippen molar-refractivity contribution < 1.29 is 0 Å². The predicted molar refractivity (Wildman–Crippen MR) is 89.2 cm³/mol. The van der Waals surface area contributed by atoms with E-state index in [0.29, 0.717) is 10.9 Å². The first-order valence-corrected chi connectivity index (χ1v) is 8.13. The molecule has 0 unspecified atom stereocenters. The second kappa shape index (κ2) is 5.54. The van der Waals surface area contributed by atoms with Crippen molar-refractivity contribution in [2.45, 2.75) is 18.8 Å². The van der Waals surface area contributed by atoms with Gasteiger partial charge in [-0.2, -0.15) is 0 Å². The minimum Gasteiger partial charge on any atom is -0.339 e. The lowest BCUT2D eigenvalue weighted by Gasteiger charge is -2.09. The Balaban J connectivity index is 1.89. The van der Waals surface area contributed by atoms with Crippen LogP contribution in [0, 0.1) is 3.57 Å². The van der Waals surface area contributed by atoms with Crippen LogP contribution in [0.2, 0.25) is 5.02 Å². The summed E-state index contributed by atoms with van der Waals surface area (Å²) in [5.74, 6) is 2.19. The van der Waals surface area contributed by atoms with E-state index in [2.05, 4.69) is 53.8 Å². The van der Waals surface area contributed by atoms with E-state index in [1.165, 1.54) is 12.8 Å². The third-order valence-corrected chi connectivity index (χ3v) is 4.24. The van der Waals surface area contributed by atoms with E-state index in [9.17, 15) is 0 Å². The van der Waals surface area contributed by atoms with Crippen LogP contribution < -0.4 is 5.32 Å². The van der Waals surface area contributed by atoms with Crippen molar-refractivity contribution in [3.8, 4) is 0 Å². The summed E-state index contributed by atoms with van der Waals surface area (Å²) in [6, 6.07) is 7.74. The van der Waals surface area contributed by atoms with Gasteiger partial charge in [-0.25, -0.2) is 9.97 Å². The van der Waals surface area contributed by atoms with Crippen LogP contribution in [0.5, 0.6) is 0 Å². The standard InChI is InChI=1S/C13H10BrClIN3/c14-11-6-12(19-13(18-11)7-1-2-7)17-10-4-3-8(16)5-9(10)15/h3-7H,1-2H2,(H,17,18,19). The molecule has 1 fully saturated rings. The Bertz CT molecular complexity index is 631. The third-order valence-electron chi connectivity index (χ3n) is 2.85. The molecular weight excluding hydrogens is 440 g/mol. The molecule has 0 amide bonds. The highest BCUT2D eigenvalue weighted by atomic mass is 127. The summed E-state index contributed by atoms with van der Waals surface area (Å²) >= 11 is 11.9. The number of benzene rings is 1. The van der Waals surface area contributed by atoms with Crippen LogP contribution in [0.15, 0.2) is 28.9 Å². The number of hydrogen-bond donors (Lipinski definition) is 1. The van der Waals surface area contributed by atoms with Crippen LogP contribution in [0.4, 0.5) is 11.5 Å². The molecule has 1 aromatic carbocycles. The van der Waals surface area contributed by atoms with E-state index >= 15 is 0 Å². The summed E-state index contributed by atoms with van der Waals surface area (Å²) < 4.78 is 1.91. The minimum atomic E-state index is 0.519. The normalized spacial score (nSPS) is 14.5. The molecule has 1 aliphatic rings. The van der Waals surface area contributed by atoms with Gasteiger partial charge in [0.15, 0.2) is 0 Å². The van der Waals surface area contributed by atoms with Crippen molar-refractivity contribution in [3.05, 3.63) is 43.3 Å². The lowest BCUT2D eigenvalue weighted by molar-refractivity contribution is 0.919. The molecular formula is C13H10BrClIN3. The third kappa shape index (κ3) is 3.38. The summed E-state index contributed by atoms with van der Waals surface area (Å²) in [6.07, 6.45) is 2.36. The zero-order chi connectivity index (χ0) is 13.4. The fourth-order valence-electron chi connectivity index (χ4n) is 1.75. The molecule has 19 heavy (non-hydrogen) atoms. The van der Waals surface area contributed by atoms with Crippen LogP contribution >= 0.6 is 50.1 Å². The van der Waals surface area contributed by atoms with Crippen molar-refractivity contribution in [1.29, 1.82) is 0 Å². The molecule has 3 nitrogen and oxygen atoms in total. The SMILES string of the molecule is Clc1cc(I)ccc1Nc1cc(Br)nc(C2CC2)n1. The van der Waals surface area contributed by atoms with Gasteiger partial charge in [-0.05, 0) is 69.6 Å². The number of rotatable bonds is 3. The molecule has 98 valence electrons. The molecule has 1 aliphatic carbocycles. The van der Waals surface area contributed by atoms with Crippen molar-refractivity contribution in [2.24, 2.45) is 0 Å². The van der Waals surface area contributed by atoms with Crippen LogP contribution in [0.25, 0.3) is 0 Å². The van der Waals surface area contributed by atoms with E-state index in [4.69, 9.17) is 11.6 Å². The molecule has 1 saturated carbocycles. The Kier molecular flexibility index (Phi) is 3.96. The lowest BCUT2D eigenvalue weighted by atomic mass is 10.3. The first kappa shape index (κ1) is 13.6. The number of nitrogens with one attached hydrogen (secondary N) is 1. The summed E-state index contributed by atoms with van der Waals surface area (Å²) in [4.78, 5) is 8.95. The predicted octanol–water partition coefficient (Wildman–Crippen LogP) is 5.12. The molecule has 0 aliphatic heterocycles. The molecule has 0 radical (unpaired) electrons. The zero-order valence-electron chi connectivity index (χ0n) is 9.83. The van der Waals surface area contributed by atoms with E-state index in [1.54, 1.807) is 0 Å². The Hall–Kier alpha value is -0.400. The van der Waals surface area contributed by atoms with Gasteiger partial charge in [-0.15, -0.1) is 0 Å². The average molecular weight is 451 g/mol. The van der Waals surface area contributed by atoms with Crippen LogP contribution in [-0.4, -0.2) is 9.97 Å². The Morgan fingerprint density at radius 3 is 2.74 bits per heavy atom. The Labute approximate surface area is 138 Å². The number of aromatic nitrogens is 2. The maximum absolute atomic E-state index is 6.21. The fraction of sp³-hybridized carbons (Fsp3) is 0.231. The Morgan fingerprint density at radius 2 is 2.05 bits per heavy atom. The molecule has 3 rings (SSSR count). The monoisotopic (exact) mass is 449 g/mol. The maximum Gasteiger partial charge on any atom is 0.135 e. The topological polar surface area (TPSA) is 37.8 Å². The van der Waals surface area contributed by atoms with Gasteiger partial charge in [0.05, 0.1) is 10.7 Å². The van der Waals surface area contributed by atoms with Gasteiger partial charge in [-0.1, -0.05) is 11.6 Å². The molecule has 1 heterocycles. The molecule has 0 atom stereocenters. The molecule has 2 aromatic rings. The molecule has 1 aromatic heterocycles. The van der Waals surface area contributed by atoms with Gasteiger partial charge in [0.25, 0.3) is 0 Å². The molecule has 0 bridgehead atoms. The van der Waals surface area contributed by atoms with Gasteiger partial charge in [0.2, 0.25) is 0 Å². The maximum atomic E-state index is 6.21. The van der Waals surface area contributed by atoms with Gasteiger partial charge >= 0.3 is 0 Å². The van der Waals surface area contributed by atoms with E-state index in [1.807, 2.05) is 24.3 Å². The van der Waals surface area contributed by atoms with Crippen LogP contribution in [0.3, 0.4) is 0 Å². The van der Waals surface area contributed by atoms with Gasteiger partial charge in [-0.3, -0.25) is 0 Å². The number of hydrogen-bond acceptors (Lipinski definition) is 3. The first-order chi connectivity index (χ1) is 9.11. The summed E-state index contributed by atoms with van der Waals surface area (Å²) in [5.41, 5.74) is 0.856. The highest BCUT2D eigenvalue weighted by Crippen LogP contribution is 2.39. The van der Waals surface area contributed by atoms with Crippen LogP contribution in [-0.2, 0) is 0 Å².